The summed E-state index contributed by atoms with van der Waals surface area (Å²) in [4.78, 5) is 62.2. The molecule has 12 heteroatoms. The Morgan fingerprint density at radius 1 is 1.06 bits per heavy atom. The molecule has 0 aromatic carbocycles. The van der Waals surface area contributed by atoms with Gasteiger partial charge in [-0.15, -0.1) is 0 Å². The minimum Gasteiger partial charge on any atom is -0.481 e. The summed E-state index contributed by atoms with van der Waals surface area (Å²) in [5, 5.41) is 23.4. The normalized spacial score (nSPS) is 18.5. The van der Waals surface area contributed by atoms with E-state index in [1.807, 2.05) is 0 Å². The van der Waals surface area contributed by atoms with E-state index in [9.17, 15) is 29.1 Å². The van der Waals surface area contributed by atoms with E-state index < -0.39 is 53.8 Å². The number of rotatable bonds is 14. The first-order chi connectivity index (χ1) is 15.5. The van der Waals surface area contributed by atoms with E-state index in [0.717, 1.165) is 0 Å². The van der Waals surface area contributed by atoms with Gasteiger partial charge in [-0.25, -0.2) is 4.79 Å². The third kappa shape index (κ3) is 8.97. The largest absolute Gasteiger partial charge is 0.481 e. The van der Waals surface area contributed by atoms with Gasteiger partial charge in [0.05, 0.1) is 6.04 Å². The Balaban J connectivity index is 2.93. The Morgan fingerprint density at radius 2 is 1.73 bits per heavy atom. The highest BCUT2D eigenvalue weighted by atomic mass is 16.4. The first-order valence-electron chi connectivity index (χ1n) is 11.3. The van der Waals surface area contributed by atoms with Crippen molar-refractivity contribution in [3.8, 4) is 0 Å². The number of carboxylic acids is 2. The van der Waals surface area contributed by atoms with Gasteiger partial charge in [0.2, 0.25) is 17.7 Å². The molecule has 0 aliphatic carbocycles. The van der Waals surface area contributed by atoms with E-state index in [2.05, 4.69) is 10.6 Å². The van der Waals surface area contributed by atoms with Crippen LogP contribution in [-0.4, -0.2) is 82.0 Å². The number of carbonyl (C=O) groups is 5. The molecule has 1 fully saturated rings. The zero-order valence-electron chi connectivity index (χ0n) is 19.3. The Labute approximate surface area is 193 Å². The van der Waals surface area contributed by atoms with E-state index in [-0.39, 0.29) is 25.3 Å². The molecule has 1 heterocycles. The topological polar surface area (TPSA) is 205 Å². The van der Waals surface area contributed by atoms with Crippen molar-refractivity contribution in [3.05, 3.63) is 0 Å². The van der Waals surface area contributed by atoms with Crippen LogP contribution in [0.2, 0.25) is 0 Å². The second kappa shape index (κ2) is 13.7. The van der Waals surface area contributed by atoms with Crippen molar-refractivity contribution >= 4 is 29.7 Å². The highest BCUT2D eigenvalue weighted by Crippen LogP contribution is 2.20. The molecule has 4 atom stereocenters. The van der Waals surface area contributed by atoms with Gasteiger partial charge in [0, 0.05) is 13.0 Å². The van der Waals surface area contributed by atoms with E-state index in [1.54, 1.807) is 13.8 Å². The predicted octanol–water partition coefficient (Wildman–Crippen LogP) is -0.991. The second-order valence-corrected chi connectivity index (χ2v) is 8.64. The van der Waals surface area contributed by atoms with Crippen LogP contribution in [0.25, 0.3) is 0 Å². The van der Waals surface area contributed by atoms with Crippen LogP contribution in [0, 0.1) is 5.92 Å². The van der Waals surface area contributed by atoms with Crippen molar-refractivity contribution in [2.24, 2.45) is 17.4 Å². The molecule has 1 rings (SSSR count). The van der Waals surface area contributed by atoms with E-state index in [4.69, 9.17) is 16.6 Å². The summed E-state index contributed by atoms with van der Waals surface area (Å²) in [6, 6.07) is -4.05. The Kier molecular flexibility index (Phi) is 11.8. The SMILES string of the molecule is CC(C)[C@H](NC(=O)[C@@H]1CCCN1C(=O)[C@H](CCC(=O)O)NC(=O)[C@@H](N)CCCCN)C(=O)O. The smallest absolute Gasteiger partial charge is 0.326 e. The third-order valence-corrected chi connectivity index (χ3v) is 5.64. The minimum atomic E-state index is -1.18. The molecule has 0 aromatic rings. The number of aliphatic carboxylic acids is 2. The molecular formula is C21H37N5O7. The van der Waals surface area contributed by atoms with Gasteiger partial charge in [0.15, 0.2) is 0 Å². The van der Waals surface area contributed by atoms with Crippen molar-refractivity contribution < 1.29 is 34.2 Å². The molecule has 33 heavy (non-hydrogen) atoms. The number of hydrogen-bond donors (Lipinski definition) is 6. The molecule has 0 unspecified atom stereocenters. The molecule has 0 aromatic heterocycles. The van der Waals surface area contributed by atoms with Crippen LogP contribution in [0.1, 0.15) is 58.8 Å². The first-order valence-corrected chi connectivity index (χ1v) is 11.3. The Bertz CT molecular complexity index is 715. The summed E-state index contributed by atoms with van der Waals surface area (Å²) in [6.07, 6.45) is 2.02. The average molecular weight is 472 g/mol. The molecular weight excluding hydrogens is 434 g/mol. The summed E-state index contributed by atoms with van der Waals surface area (Å²) in [7, 11) is 0. The van der Waals surface area contributed by atoms with Gasteiger partial charge in [0.1, 0.15) is 18.1 Å². The molecule has 0 saturated carbocycles. The molecule has 0 spiro atoms. The quantitative estimate of drug-likeness (QED) is 0.172. The van der Waals surface area contributed by atoms with E-state index in [1.165, 1.54) is 4.90 Å². The fourth-order valence-electron chi connectivity index (χ4n) is 3.71. The lowest BCUT2D eigenvalue weighted by Gasteiger charge is -2.30. The van der Waals surface area contributed by atoms with Crippen molar-refractivity contribution in [3.63, 3.8) is 0 Å². The maximum absolute atomic E-state index is 13.2. The molecule has 188 valence electrons. The van der Waals surface area contributed by atoms with Crippen molar-refractivity contribution in [1.29, 1.82) is 0 Å². The summed E-state index contributed by atoms with van der Waals surface area (Å²) in [5.74, 6) is -4.44. The summed E-state index contributed by atoms with van der Waals surface area (Å²) in [6.45, 7) is 4.01. The number of nitrogens with zero attached hydrogens (tertiary/aromatic N) is 1. The molecule has 1 aliphatic heterocycles. The van der Waals surface area contributed by atoms with Gasteiger partial charge in [-0.05, 0) is 44.6 Å². The van der Waals surface area contributed by atoms with E-state index >= 15 is 0 Å². The molecule has 1 aliphatic rings. The number of nitrogens with one attached hydrogen (secondary N) is 2. The third-order valence-electron chi connectivity index (χ3n) is 5.64. The fourth-order valence-corrected chi connectivity index (χ4v) is 3.71. The number of carboxylic acid groups (broad SMARTS) is 2. The van der Waals surface area contributed by atoms with Crippen LogP contribution in [-0.2, 0) is 24.0 Å². The number of hydrogen-bond acceptors (Lipinski definition) is 7. The zero-order chi connectivity index (χ0) is 25.1. The zero-order valence-corrected chi connectivity index (χ0v) is 19.3. The van der Waals surface area contributed by atoms with Gasteiger partial charge in [-0.1, -0.05) is 20.3 Å². The molecule has 1 saturated heterocycles. The van der Waals surface area contributed by atoms with Crippen molar-refractivity contribution in [2.75, 3.05) is 13.1 Å². The standard InChI is InChI=1S/C21H37N5O7/c1-12(2)17(21(32)33)25-19(30)15-7-5-11-26(15)20(31)14(8-9-16(27)28)24-18(29)13(23)6-3-4-10-22/h12-15,17H,3-11,22-23H2,1-2H3,(H,24,29)(H,25,30)(H,27,28)(H,32,33)/t13-,14-,15-,17-/m0/s1. The molecule has 8 N–H and O–H groups in total. The van der Waals surface area contributed by atoms with Gasteiger partial charge in [-0.3, -0.25) is 19.2 Å². The van der Waals surface area contributed by atoms with Crippen LogP contribution in [0.15, 0.2) is 0 Å². The summed E-state index contributed by atoms with van der Waals surface area (Å²) >= 11 is 0. The maximum atomic E-state index is 13.2. The molecule has 0 bridgehead atoms. The lowest BCUT2D eigenvalue weighted by Crippen LogP contribution is -2.57. The van der Waals surface area contributed by atoms with Gasteiger partial charge in [0.25, 0.3) is 0 Å². The summed E-state index contributed by atoms with van der Waals surface area (Å²) in [5.41, 5.74) is 11.3. The first kappa shape index (κ1) is 28.3. The number of nitrogens with two attached hydrogens (primary N) is 2. The number of unbranched alkanes of at least 4 members (excludes halogenated alkanes) is 1. The average Bonchev–Trinajstić information content (AvgIpc) is 3.23. The number of amides is 3. The molecule has 12 nitrogen and oxygen atoms in total. The maximum Gasteiger partial charge on any atom is 0.326 e. The van der Waals surface area contributed by atoms with Crippen molar-refractivity contribution in [1.82, 2.24) is 15.5 Å². The minimum absolute atomic E-state index is 0.163. The van der Waals surface area contributed by atoms with E-state index in [0.29, 0.717) is 38.6 Å². The van der Waals surface area contributed by atoms with Crippen LogP contribution in [0.3, 0.4) is 0 Å². The predicted molar refractivity (Wildman–Crippen MR) is 119 cm³/mol. The van der Waals surface area contributed by atoms with Gasteiger partial charge < -0.3 is 37.2 Å². The highest BCUT2D eigenvalue weighted by molar-refractivity contribution is 5.94. The summed E-state index contributed by atoms with van der Waals surface area (Å²) < 4.78 is 0. The van der Waals surface area contributed by atoms with Crippen LogP contribution in [0.4, 0.5) is 0 Å². The Hall–Kier alpha value is -2.73. The molecule has 0 radical (unpaired) electrons. The van der Waals surface area contributed by atoms with Gasteiger partial charge >= 0.3 is 11.9 Å². The number of likely N-dealkylation sites (tertiary alicyclic amines) is 1. The van der Waals surface area contributed by atoms with Gasteiger partial charge in [-0.2, -0.15) is 0 Å². The van der Waals surface area contributed by atoms with Crippen molar-refractivity contribution in [2.45, 2.75) is 83.0 Å². The monoisotopic (exact) mass is 471 g/mol. The number of carbonyl (C=O) groups excluding carboxylic acids is 3. The van der Waals surface area contributed by atoms with Crippen LogP contribution < -0.4 is 22.1 Å². The fraction of sp³-hybridized carbons (Fsp3) is 0.762. The van der Waals surface area contributed by atoms with Crippen LogP contribution >= 0.6 is 0 Å². The second-order valence-electron chi connectivity index (χ2n) is 8.64. The highest BCUT2D eigenvalue weighted by Gasteiger charge is 2.39. The molecule has 3 amide bonds. The lowest BCUT2D eigenvalue weighted by molar-refractivity contribution is -0.146. The Morgan fingerprint density at radius 3 is 2.27 bits per heavy atom. The lowest BCUT2D eigenvalue weighted by atomic mass is 10.0. The van der Waals surface area contributed by atoms with Crippen LogP contribution in [0.5, 0.6) is 0 Å².